The zero-order valence-corrected chi connectivity index (χ0v) is 22.1. The number of anilines is 1. The van der Waals surface area contributed by atoms with Gasteiger partial charge in [-0.05, 0) is 49.4 Å². The summed E-state index contributed by atoms with van der Waals surface area (Å²) >= 11 is 0. The van der Waals surface area contributed by atoms with E-state index in [1.54, 1.807) is 24.1 Å². The van der Waals surface area contributed by atoms with E-state index in [1.165, 1.54) is 0 Å². The Hall–Kier alpha value is -3.53. The number of hydrogen-bond acceptors (Lipinski definition) is 6. The standard InChI is InChI=1S/C28H34F2N6O2/c1-4-38-26-13-25(33-14-24(26)30)18(2)36-9-6-22-20(16-34-8-5-21(29)17-34)11-19(12-23(22)27(36)37)15-35-10-7-32-28(35)31-3/h7,10-14,18,21H,4-6,8-9,15-17H2,1-3H3,(H,31,32)/t18-,21+/m0/s1. The van der Waals surface area contributed by atoms with Gasteiger partial charge in [-0.2, -0.15) is 0 Å². The molecule has 1 amide bonds. The highest BCUT2D eigenvalue weighted by molar-refractivity contribution is 5.97. The highest BCUT2D eigenvalue weighted by Gasteiger charge is 2.32. The number of alkyl halides is 1. The third kappa shape index (κ3) is 5.22. The number of benzene rings is 1. The lowest BCUT2D eigenvalue weighted by atomic mass is 9.90. The average Bonchev–Trinajstić information content (AvgIpc) is 3.53. The van der Waals surface area contributed by atoms with Gasteiger partial charge in [0.25, 0.3) is 5.91 Å². The maximum atomic E-state index is 14.1. The first kappa shape index (κ1) is 26.1. The number of rotatable bonds is 9. The number of amides is 1. The van der Waals surface area contributed by atoms with Crippen molar-refractivity contribution < 1.29 is 18.3 Å². The molecule has 0 saturated carbocycles. The van der Waals surface area contributed by atoms with Gasteiger partial charge in [-0.1, -0.05) is 6.07 Å². The number of likely N-dealkylation sites (tertiary alicyclic amines) is 1. The Kier molecular flexibility index (Phi) is 7.60. The Morgan fingerprint density at radius 2 is 2.05 bits per heavy atom. The lowest BCUT2D eigenvalue weighted by Crippen LogP contribution is -2.40. The topological polar surface area (TPSA) is 75.5 Å². The predicted molar refractivity (Wildman–Crippen MR) is 141 cm³/mol. The lowest BCUT2D eigenvalue weighted by molar-refractivity contribution is 0.0667. The summed E-state index contributed by atoms with van der Waals surface area (Å²) < 4.78 is 35.5. The van der Waals surface area contributed by atoms with Crippen LogP contribution in [-0.2, 0) is 19.5 Å². The Morgan fingerprint density at radius 3 is 2.79 bits per heavy atom. The number of nitrogens with one attached hydrogen (secondary N) is 1. The van der Waals surface area contributed by atoms with Crippen LogP contribution in [-0.4, -0.2) is 69.7 Å². The van der Waals surface area contributed by atoms with Crippen LogP contribution >= 0.6 is 0 Å². The molecule has 38 heavy (non-hydrogen) atoms. The number of carbonyl (C=O) groups excluding carboxylic acids is 1. The minimum absolute atomic E-state index is 0.0878. The van der Waals surface area contributed by atoms with Crippen LogP contribution in [0.15, 0.2) is 36.8 Å². The van der Waals surface area contributed by atoms with E-state index in [0.717, 1.165) is 28.8 Å². The van der Waals surface area contributed by atoms with Gasteiger partial charge in [-0.3, -0.25) is 14.7 Å². The van der Waals surface area contributed by atoms with Crippen molar-refractivity contribution in [1.29, 1.82) is 0 Å². The van der Waals surface area contributed by atoms with Gasteiger partial charge < -0.3 is 19.5 Å². The van der Waals surface area contributed by atoms with Crippen molar-refractivity contribution in [3.05, 3.63) is 70.6 Å². The Morgan fingerprint density at radius 1 is 1.21 bits per heavy atom. The summed E-state index contributed by atoms with van der Waals surface area (Å²) in [4.78, 5) is 26.4. The number of nitrogens with zero attached hydrogens (tertiary/aromatic N) is 5. The smallest absolute Gasteiger partial charge is 0.254 e. The van der Waals surface area contributed by atoms with Crippen LogP contribution in [0.2, 0.25) is 0 Å². The van der Waals surface area contributed by atoms with Crippen molar-refractivity contribution in [3.63, 3.8) is 0 Å². The van der Waals surface area contributed by atoms with Crippen LogP contribution in [0.4, 0.5) is 14.7 Å². The zero-order valence-electron chi connectivity index (χ0n) is 22.1. The van der Waals surface area contributed by atoms with Crippen LogP contribution in [0.1, 0.15) is 59.1 Å². The molecule has 0 spiro atoms. The van der Waals surface area contributed by atoms with E-state index in [0.29, 0.717) is 63.4 Å². The van der Waals surface area contributed by atoms with Crippen LogP contribution < -0.4 is 10.1 Å². The van der Waals surface area contributed by atoms with E-state index in [4.69, 9.17) is 4.74 Å². The van der Waals surface area contributed by atoms with Gasteiger partial charge in [-0.15, -0.1) is 0 Å². The first-order chi connectivity index (χ1) is 18.4. The fourth-order valence-electron chi connectivity index (χ4n) is 5.50. The molecule has 0 aliphatic carbocycles. The van der Waals surface area contributed by atoms with E-state index in [-0.39, 0.29) is 17.7 Å². The van der Waals surface area contributed by atoms with Gasteiger partial charge in [0.15, 0.2) is 11.6 Å². The summed E-state index contributed by atoms with van der Waals surface area (Å²) in [6, 6.07) is 5.32. The molecular weight excluding hydrogens is 490 g/mol. The number of hydrogen-bond donors (Lipinski definition) is 1. The summed E-state index contributed by atoms with van der Waals surface area (Å²) in [5.74, 6) is 0.259. The van der Waals surface area contributed by atoms with E-state index in [9.17, 15) is 13.6 Å². The Bertz CT molecular complexity index is 1310. The second-order valence-corrected chi connectivity index (χ2v) is 9.93. The molecule has 2 aromatic heterocycles. The van der Waals surface area contributed by atoms with Crippen molar-refractivity contribution in [1.82, 2.24) is 24.3 Å². The maximum Gasteiger partial charge on any atom is 0.254 e. The van der Waals surface area contributed by atoms with Crippen molar-refractivity contribution in [3.8, 4) is 5.75 Å². The van der Waals surface area contributed by atoms with E-state index in [1.807, 2.05) is 30.8 Å². The van der Waals surface area contributed by atoms with Crippen LogP contribution in [0.3, 0.4) is 0 Å². The number of imidazole rings is 1. The van der Waals surface area contributed by atoms with Crippen LogP contribution in [0.25, 0.3) is 0 Å². The molecule has 3 aromatic rings. The first-order valence-electron chi connectivity index (χ1n) is 13.2. The summed E-state index contributed by atoms with van der Waals surface area (Å²) in [6.07, 6.45) is 5.19. The molecule has 1 N–H and O–H groups in total. The second kappa shape index (κ2) is 11.1. The minimum Gasteiger partial charge on any atom is -0.491 e. The summed E-state index contributed by atoms with van der Waals surface area (Å²) in [6.45, 7) is 6.83. The number of ether oxygens (including phenoxy) is 1. The van der Waals surface area contributed by atoms with Crippen molar-refractivity contribution in [2.45, 2.75) is 52.0 Å². The number of fused-ring (bicyclic) bond motifs is 1. The molecule has 4 heterocycles. The monoisotopic (exact) mass is 524 g/mol. The number of pyridine rings is 1. The van der Waals surface area contributed by atoms with Gasteiger partial charge in [0.2, 0.25) is 5.95 Å². The summed E-state index contributed by atoms with van der Waals surface area (Å²) in [5, 5.41) is 3.09. The highest BCUT2D eigenvalue weighted by Crippen LogP contribution is 2.32. The fraction of sp³-hybridized carbons (Fsp3) is 0.464. The molecule has 0 bridgehead atoms. The first-order valence-corrected chi connectivity index (χ1v) is 13.2. The normalized spacial score (nSPS) is 18.5. The largest absolute Gasteiger partial charge is 0.491 e. The molecule has 0 radical (unpaired) electrons. The van der Waals surface area contributed by atoms with Gasteiger partial charge in [0, 0.05) is 57.3 Å². The number of carbonyl (C=O) groups is 1. The minimum atomic E-state index is -0.805. The highest BCUT2D eigenvalue weighted by atomic mass is 19.1. The van der Waals surface area contributed by atoms with Crippen LogP contribution in [0.5, 0.6) is 5.75 Å². The molecule has 10 heteroatoms. The van der Waals surface area contributed by atoms with Crippen molar-refractivity contribution in [2.24, 2.45) is 0 Å². The molecule has 2 aliphatic rings. The van der Waals surface area contributed by atoms with E-state index in [2.05, 4.69) is 26.3 Å². The molecule has 5 rings (SSSR count). The van der Waals surface area contributed by atoms with E-state index >= 15 is 0 Å². The SMILES string of the molecule is CCOc1cc([C@H](C)N2CCc3c(CN4CC[C@@H](F)C4)cc(Cn4ccnc4NC)cc3C2=O)ncc1F. The number of halogens is 2. The quantitative estimate of drug-likeness (QED) is 0.452. The molecule has 1 fully saturated rings. The Balaban J connectivity index is 1.47. The average molecular weight is 525 g/mol. The molecular formula is C28H34F2N6O2. The summed E-state index contributed by atoms with van der Waals surface area (Å²) in [5.41, 5.74) is 4.30. The van der Waals surface area contributed by atoms with Crippen molar-refractivity contribution >= 4 is 11.9 Å². The van der Waals surface area contributed by atoms with Gasteiger partial charge in [0.05, 0.1) is 31.1 Å². The fourth-order valence-corrected chi connectivity index (χ4v) is 5.50. The van der Waals surface area contributed by atoms with Crippen molar-refractivity contribution in [2.75, 3.05) is 38.6 Å². The maximum absolute atomic E-state index is 14.1. The third-order valence-electron chi connectivity index (χ3n) is 7.43. The lowest BCUT2D eigenvalue weighted by Gasteiger charge is -2.35. The Labute approximate surface area is 221 Å². The summed E-state index contributed by atoms with van der Waals surface area (Å²) in [7, 11) is 1.82. The zero-order chi connectivity index (χ0) is 26.8. The van der Waals surface area contributed by atoms with Gasteiger partial charge in [-0.25, -0.2) is 13.8 Å². The molecule has 2 atom stereocenters. The molecule has 1 saturated heterocycles. The number of aromatic nitrogens is 3. The molecule has 202 valence electrons. The molecule has 2 aliphatic heterocycles. The molecule has 1 aromatic carbocycles. The molecule has 8 nitrogen and oxygen atoms in total. The second-order valence-electron chi connectivity index (χ2n) is 9.93. The van der Waals surface area contributed by atoms with Crippen LogP contribution in [0, 0.1) is 5.82 Å². The van der Waals surface area contributed by atoms with Gasteiger partial charge >= 0.3 is 0 Å². The predicted octanol–water partition coefficient (Wildman–Crippen LogP) is 4.21. The van der Waals surface area contributed by atoms with E-state index < -0.39 is 12.0 Å². The third-order valence-corrected chi connectivity index (χ3v) is 7.43. The van der Waals surface area contributed by atoms with Gasteiger partial charge in [0.1, 0.15) is 6.17 Å². The molecule has 0 unspecified atom stereocenters.